The van der Waals surface area contributed by atoms with Gasteiger partial charge in [0.05, 0.1) is 11.2 Å². The Balaban J connectivity index is 1.18. The summed E-state index contributed by atoms with van der Waals surface area (Å²) in [7, 11) is 0.414. The summed E-state index contributed by atoms with van der Waals surface area (Å²) in [5.74, 6) is 0. The Bertz CT molecular complexity index is 2420. The number of hydrogen-bond acceptors (Lipinski definition) is 3. The van der Waals surface area contributed by atoms with Crippen molar-refractivity contribution in [3.8, 4) is 33.4 Å². The molecule has 0 amide bonds. The van der Waals surface area contributed by atoms with Gasteiger partial charge in [0.15, 0.2) is 0 Å². The van der Waals surface area contributed by atoms with Crippen molar-refractivity contribution in [3.63, 3.8) is 0 Å². The number of fused-ring (bicyclic) bond motifs is 4. The largest absolute Gasteiger partial charge is 0.427 e. The van der Waals surface area contributed by atoms with Crippen LogP contribution in [-0.4, -0.2) is 23.8 Å². The molecule has 3 nitrogen and oxygen atoms in total. The lowest BCUT2D eigenvalue weighted by atomic mass is 9.79. The molecule has 7 aromatic carbocycles. The summed E-state index contributed by atoms with van der Waals surface area (Å²) < 4.78 is 6.30. The fraction of sp³-hybridized carbons (Fsp3) is 0.184. The zero-order valence-corrected chi connectivity index (χ0v) is 31.5. The van der Waals surface area contributed by atoms with E-state index in [-0.39, 0.29) is 5.41 Å². The topological polar surface area (TPSA) is 32.7 Å². The van der Waals surface area contributed by atoms with Crippen LogP contribution in [0.15, 0.2) is 158 Å². The quantitative estimate of drug-likeness (QED) is 0.153. The van der Waals surface area contributed by atoms with Gasteiger partial charge in [-0.15, -0.1) is 0 Å². The SMILES string of the molecule is CC1(C)c2ccccc2-c2ccc(N(c3ccc(-c4ccccc4)cc3)c3ccc(-c4ccc(BOC(C)(C)C(C)(C)O)c5ccccc45)cc3)cc21. The first-order chi connectivity index (χ1) is 25.4. The van der Waals surface area contributed by atoms with Gasteiger partial charge < -0.3 is 14.7 Å². The van der Waals surface area contributed by atoms with Gasteiger partial charge in [0.1, 0.15) is 0 Å². The predicted molar refractivity (Wildman–Crippen MR) is 225 cm³/mol. The molecule has 0 fully saturated rings. The van der Waals surface area contributed by atoms with Gasteiger partial charge in [-0.25, -0.2) is 0 Å². The second-order valence-electron chi connectivity index (χ2n) is 15.9. The number of rotatable bonds is 9. The summed E-state index contributed by atoms with van der Waals surface area (Å²) in [6, 6.07) is 57.1. The van der Waals surface area contributed by atoms with E-state index in [4.69, 9.17) is 4.65 Å². The van der Waals surface area contributed by atoms with Gasteiger partial charge >= 0.3 is 7.48 Å². The molecule has 0 unspecified atom stereocenters. The highest BCUT2D eigenvalue weighted by molar-refractivity contribution is 6.51. The summed E-state index contributed by atoms with van der Waals surface area (Å²) in [4.78, 5) is 2.38. The number of nitrogens with zero attached hydrogens (tertiary/aromatic N) is 1. The normalized spacial score (nSPS) is 13.4. The fourth-order valence-electron chi connectivity index (χ4n) is 7.68. The molecule has 53 heavy (non-hydrogen) atoms. The fourth-order valence-corrected chi connectivity index (χ4v) is 7.68. The molecule has 1 N–H and O–H groups in total. The van der Waals surface area contributed by atoms with Gasteiger partial charge in [0.2, 0.25) is 0 Å². The minimum Gasteiger partial charge on any atom is -0.427 e. The Kier molecular flexibility index (Phi) is 8.64. The lowest BCUT2D eigenvalue weighted by molar-refractivity contribution is -0.0893. The van der Waals surface area contributed by atoms with Gasteiger partial charge in [-0.05, 0) is 125 Å². The monoisotopic (exact) mass is 691 g/mol. The smallest absolute Gasteiger partial charge is 0.310 e. The Morgan fingerprint density at radius 3 is 1.72 bits per heavy atom. The van der Waals surface area contributed by atoms with Crippen LogP contribution >= 0.6 is 0 Å². The Labute approximate surface area is 314 Å². The average Bonchev–Trinajstić information content (AvgIpc) is 3.40. The highest BCUT2D eigenvalue weighted by Crippen LogP contribution is 2.50. The molecule has 0 aliphatic heterocycles. The maximum absolute atomic E-state index is 10.7. The zero-order chi connectivity index (χ0) is 37.0. The maximum Gasteiger partial charge on any atom is 0.310 e. The molecule has 0 heterocycles. The van der Waals surface area contributed by atoms with E-state index >= 15 is 0 Å². The molecule has 0 atom stereocenters. The molecule has 0 aromatic heterocycles. The van der Waals surface area contributed by atoms with Crippen molar-refractivity contribution in [1.29, 1.82) is 0 Å². The van der Waals surface area contributed by atoms with Crippen molar-refractivity contribution >= 4 is 40.8 Å². The predicted octanol–water partition coefficient (Wildman–Crippen LogP) is 11.5. The van der Waals surface area contributed by atoms with Gasteiger partial charge in [0, 0.05) is 22.5 Å². The molecule has 4 heteroatoms. The highest BCUT2D eigenvalue weighted by Gasteiger charge is 2.37. The van der Waals surface area contributed by atoms with Gasteiger partial charge in [-0.1, -0.05) is 135 Å². The van der Waals surface area contributed by atoms with Gasteiger partial charge in [-0.2, -0.15) is 0 Å². The molecule has 8 rings (SSSR count). The Morgan fingerprint density at radius 1 is 0.509 bits per heavy atom. The average molecular weight is 692 g/mol. The lowest BCUT2D eigenvalue weighted by Gasteiger charge is -2.37. The summed E-state index contributed by atoms with van der Waals surface area (Å²) >= 11 is 0. The molecular formula is C49H46BNO2. The first kappa shape index (κ1) is 34.7. The van der Waals surface area contributed by atoms with Gasteiger partial charge in [-0.3, -0.25) is 0 Å². The minimum absolute atomic E-state index is 0.100. The van der Waals surface area contributed by atoms with Crippen LogP contribution in [0, 0.1) is 0 Å². The van der Waals surface area contributed by atoms with E-state index in [2.05, 4.69) is 176 Å². The van der Waals surface area contributed by atoms with Crippen LogP contribution in [-0.2, 0) is 10.1 Å². The molecule has 0 saturated heterocycles. The van der Waals surface area contributed by atoms with Crippen molar-refractivity contribution in [1.82, 2.24) is 0 Å². The van der Waals surface area contributed by atoms with Crippen molar-refractivity contribution in [2.24, 2.45) is 0 Å². The van der Waals surface area contributed by atoms with Crippen LogP contribution in [0.2, 0.25) is 0 Å². The van der Waals surface area contributed by atoms with Crippen LogP contribution in [0.3, 0.4) is 0 Å². The Morgan fingerprint density at radius 2 is 1.04 bits per heavy atom. The van der Waals surface area contributed by atoms with Crippen LogP contribution < -0.4 is 10.4 Å². The van der Waals surface area contributed by atoms with Crippen molar-refractivity contribution in [2.75, 3.05) is 4.90 Å². The van der Waals surface area contributed by atoms with Crippen LogP contribution in [0.1, 0.15) is 52.7 Å². The number of benzene rings is 7. The maximum atomic E-state index is 10.7. The van der Waals surface area contributed by atoms with Crippen molar-refractivity contribution in [2.45, 2.75) is 58.2 Å². The summed E-state index contributed by atoms with van der Waals surface area (Å²) in [5.41, 5.74) is 12.8. The molecule has 0 bridgehead atoms. The van der Waals surface area contributed by atoms with E-state index in [9.17, 15) is 5.11 Å². The van der Waals surface area contributed by atoms with E-state index < -0.39 is 11.2 Å². The molecule has 0 saturated carbocycles. The highest BCUT2D eigenvalue weighted by atomic mass is 16.5. The van der Waals surface area contributed by atoms with E-state index in [1.165, 1.54) is 44.3 Å². The number of hydrogen-bond donors (Lipinski definition) is 1. The van der Waals surface area contributed by atoms with E-state index in [1.54, 1.807) is 13.8 Å². The third-order valence-electron chi connectivity index (χ3n) is 11.6. The molecular weight excluding hydrogens is 645 g/mol. The zero-order valence-electron chi connectivity index (χ0n) is 31.5. The van der Waals surface area contributed by atoms with Gasteiger partial charge in [0.25, 0.3) is 0 Å². The van der Waals surface area contributed by atoms with E-state index in [1.807, 2.05) is 13.8 Å². The first-order valence-corrected chi connectivity index (χ1v) is 18.6. The van der Waals surface area contributed by atoms with Crippen LogP contribution in [0.25, 0.3) is 44.2 Å². The summed E-state index contributed by atoms with van der Waals surface area (Å²) in [6.45, 7) is 12.1. The van der Waals surface area contributed by atoms with Crippen molar-refractivity contribution in [3.05, 3.63) is 169 Å². The van der Waals surface area contributed by atoms with Crippen LogP contribution in [0.4, 0.5) is 17.1 Å². The van der Waals surface area contributed by atoms with E-state index in [0.29, 0.717) is 7.48 Å². The standard InChI is InChI=1S/C49H46BNO2/c1-47(2)44-19-13-12-17-41(44)42-29-28-38(32-45(42)47)51(36-24-20-34(21-25-36)33-14-8-7-9-15-33)37-26-22-35(23-27-37)39-30-31-46(43-18-11-10-16-40(39)43)50-53-49(5,6)48(3,4)52/h7-32,50,52H,1-6H3. The summed E-state index contributed by atoms with van der Waals surface area (Å²) in [5, 5.41) is 13.0. The number of aliphatic hydroxyl groups is 1. The molecule has 1 aliphatic carbocycles. The number of anilines is 3. The third kappa shape index (κ3) is 6.26. The lowest BCUT2D eigenvalue weighted by Crippen LogP contribution is -2.49. The third-order valence-corrected chi connectivity index (χ3v) is 11.6. The Hall–Kier alpha value is -5.42. The minimum atomic E-state index is -0.969. The van der Waals surface area contributed by atoms with Crippen molar-refractivity contribution < 1.29 is 9.76 Å². The molecule has 0 spiro atoms. The second kappa shape index (κ2) is 13.2. The molecule has 7 aromatic rings. The molecule has 262 valence electrons. The molecule has 0 radical (unpaired) electrons. The van der Waals surface area contributed by atoms with E-state index in [0.717, 1.165) is 33.5 Å². The summed E-state index contributed by atoms with van der Waals surface area (Å²) in [6.07, 6.45) is 0. The first-order valence-electron chi connectivity index (χ1n) is 18.6. The second-order valence-corrected chi connectivity index (χ2v) is 15.9. The molecule has 1 aliphatic rings. The van der Waals surface area contributed by atoms with Crippen LogP contribution in [0.5, 0.6) is 0 Å².